The largest absolute Gasteiger partial charge is 0.462 e. The molecule has 1 N–H and O–H groups in total. The highest BCUT2D eigenvalue weighted by molar-refractivity contribution is 5.88. The molecule has 0 fully saturated rings. The number of hydrogen-bond donors (Lipinski definition) is 1. The Morgan fingerprint density at radius 1 is 1.45 bits per heavy atom. The highest BCUT2D eigenvalue weighted by atomic mass is 16.5. The minimum atomic E-state index is -0.892. The van der Waals surface area contributed by atoms with Crippen LogP contribution in [-0.4, -0.2) is 30.6 Å². The van der Waals surface area contributed by atoms with E-state index in [4.69, 9.17) is 4.74 Å². The maximum Gasteiger partial charge on any atom is 0.333 e. The Labute approximate surface area is 119 Å². The van der Waals surface area contributed by atoms with Crippen LogP contribution in [0.1, 0.15) is 33.6 Å². The first-order valence-corrected chi connectivity index (χ1v) is 6.58. The Balaban J connectivity index is 2.16. The molecule has 0 aliphatic carbocycles. The smallest absolute Gasteiger partial charge is 0.333 e. The average Bonchev–Trinajstić information content (AvgIpc) is 2.74. The lowest BCUT2D eigenvalue weighted by Gasteiger charge is -2.15. The van der Waals surface area contributed by atoms with Gasteiger partial charge in [0.1, 0.15) is 0 Å². The van der Waals surface area contributed by atoms with Crippen molar-refractivity contribution in [3.8, 4) is 0 Å². The number of amides is 1. The standard InChI is InChI=1S/C14H21N3O3/c1-10(2)12(18)20-8-6-5-7-15-13(19)14(4)9-11(3)16-17-14/h9H,1,5-8H2,2-4H3,(H,15,19). The van der Waals surface area contributed by atoms with Gasteiger partial charge in [-0.3, -0.25) is 4.79 Å². The van der Waals surface area contributed by atoms with E-state index in [1.165, 1.54) is 0 Å². The number of ether oxygens (including phenoxy) is 1. The molecule has 0 saturated carbocycles. The van der Waals surface area contributed by atoms with Crippen molar-refractivity contribution >= 4 is 11.9 Å². The number of nitrogens with one attached hydrogen (secondary N) is 1. The molecule has 1 atom stereocenters. The van der Waals surface area contributed by atoms with Crippen LogP contribution in [-0.2, 0) is 14.3 Å². The molecular formula is C14H21N3O3. The minimum absolute atomic E-state index is 0.169. The molecule has 6 heteroatoms. The molecule has 1 amide bonds. The van der Waals surface area contributed by atoms with Crippen molar-refractivity contribution in [2.45, 2.75) is 39.2 Å². The van der Waals surface area contributed by atoms with E-state index in [-0.39, 0.29) is 11.9 Å². The number of rotatable bonds is 7. The third-order valence-corrected chi connectivity index (χ3v) is 2.80. The van der Waals surface area contributed by atoms with Gasteiger partial charge in [-0.15, -0.1) is 0 Å². The molecule has 1 aliphatic rings. The number of carbonyl (C=O) groups is 2. The number of carbonyl (C=O) groups excluding carboxylic acids is 2. The molecule has 0 aromatic carbocycles. The van der Waals surface area contributed by atoms with Crippen LogP contribution in [0, 0.1) is 0 Å². The molecule has 1 rings (SSSR count). The summed E-state index contributed by atoms with van der Waals surface area (Å²) in [6.07, 6.45) is 3.15. The molecule has 1 aliphatic heterocycles. The second-order valence-corrected chi connectivity index (χ2v) is 5.01. The highest BCUT2D eigenvalue weighted by Gasteiger charge is 2.33. The van der Waals surface area contributed by atoms with Gasteiger partial charge in [-0.25, -0.2) is 4.79 Å². The third kappa shape index (κ3) is 4.60. The summed E-state index contributed by atoms with van der Waals surface area (Å²) in [5, 5.41) is 10.6. The summed E-state index contributed by atoms with van der Waals surface area (Å²) in [5.74, 6) is -0.550. The van der Waals surface area contributed by atoms with E-state index in [1.54, 1.807) is 26.8 Å². The van der Waals surface area contributed by atoms with Crippen LogP contribution in [0.25, 0.3) is 0 Å². The van der Waals surface area contributed by atoms with Crippen molar-refractivity contribution in [1.82, 2.24) is 5.32 Å². The van der Waals surface area contributed by atoms with E-state index in [2.05, 4.69) is 22.1 Å². The Morgan fingerprint density at radius 3 is 2.70 bits per heavy atom. The molecular weight excluding hydrogens is 258 g/mol. The van der Waals surface area contributed by atoms with Crippen molar-refractivity contribution in [1.29, 1.82) is 0 Å². The lowest BCUT2D eigenvalue weighted by molar-refractivity contribution is -0.139. The van der Waals surface area contributed by atoms with Gasteiger partial charge in [-0.05, 0) is 39.7 Å². The van der Waals surface area contributed by atoms with Crippen LogP contribution in [0.15, 0.2) is 34.2 Å². The first-order chi connectivity index (χ1) is 9.35. The van der Waals surface area contributed by atoms with Gasteiger partial charge in [0, 0.05) is 12.1 Å². The van der Waals surface area contributed by atoms with Crippen LogP contribution >= 0.6 is 0 Å². The Morgan fingerprint density at radius 2 is 2.15 bits per heavy atom. The molecule has 0 bridgehead atoms. The molecule has 0 aromatic rings. The summed E-state index contributed by atoms with van der Waals surface area (Å²) in [6, 6.07) is 0. The van der Waals surface area contributed by atoms with Crippen LogP contribution in [0.4, 0.5) is 0 Å². The molecule has 20 heavy (non-hydrogen) atoms. The summed E-state index contributed by atoms with van der Waals surface area (Å²) >= 11 is 0. The summed E-state index contributed by atoms with van der Waals surface area (Å²) in [7, 11) is 0. The normalized spacial score (nSPS) is 20.4. The molecule has 6 nitrogen and oxygen atoms in total. The quantitative estimate of drug-likeness (QED) is 0.440. The maximum absolute atomic E-state index is 11.9. The number of nitrogens with zero attached hydrogens (tertiary/aromatic N) is 2. The number of esters is 1. The van der Waals surface area contributed by atoms with E-state index in [0.29, 0.717) is 25.1 Å². The first-order valence-electron chi connectivity index (χ1n) is 6.58. The third-order valence-electron chi connectivity index (χ3n) is 2.80. The molecule has 110 valence electrons. The second kappa shape index (κ2) is 6.98. The van der Waals surface area contributed by atoms with Crippen LogP contribution in [0.2, 0.25) is 0 Å². The fourth-order valence-corrected chi connectivity index (χ4v) is 1.65. The highest BCUT2D eigenvalue weighted by Crippen LogP contribution is 2.23. The van der Waals surface area contributed by atoms with Gasteiger partial charge < -0.3 is 10.1 Å². The van der Waals surface area contributed by atoms with E-state index in [9.17, 15) is 9.59 Å². The molecule has 0 saturated heterocycles. The zero-order chi connectivity index (χ0) is 15.2. The predicted octanol–water partition coefficient (Wildman–Crippen LogP) is 2.13. The van der Waals surface area contributed by atoms with Crippen LogP contribution < -0.4 is 5.32 Å². The van der Waals surface area contributed by atoms with Crippen molar-refractivity contribution < 1.29 is 14.3 Å². The molecule has 0 aromatic heterocycles. The zero-order valence-electron chi connectivity index (χ0n) is 12.2. The molecule has 1 unspecified atom stereocenters. The second-order valence-electron chi connectivity index (χ2n) is 5.01. The maximum atomic E-state index is 11.9. The number of hydrogen-bond acceptors (Lipinski definition) is 5. The summed E-state index contributed by atoms with van der Waals surface area (Å²) in [4.78, 5) is 23.0. The summed E-state index contributed by atoms with van der Waals surface area (Å²) < 4.78 is 4.95. The topological polar surface area (TPSA) is 80.1 Å². The van der Waals surface area contributed by atoms with E-state index >= 15 is 0 Å². The van der Waals surface area contributed by atoms with Crippen molar-refractivity contribution in [2.75, 3.05) is 13.2 Å². The zero-order valence-corrected chi connectivity index (χ0v) is 12.2. The minimum Gasteiger partial charge on any atom is -0.462 e. The monoisotopic (exact) mass is 279 g/mol. The van der Waals surface area contributed by atoms with Gasteiger partial charge in [0.25, 0.3) is 5.91 Å². The van der Waals surface area contributed by atoms with E-state index < -0.39 is 5.54 Å². The lowest BCUT2D eigenvalue weighted by atomic mass is 10.0. The first kappa shape index (κ1) is 16.1. The molecule has 0 radical (unpaired) electrons. The van der Waals surface area contributed by atoms with E-state index in [1.807, 2.05) is 0 Å². The van der Waals surface area contributed by atoms with Crippen LogP contribution in [0.5, 0.6) is 0 Å². The van der Waals surface area contributed by atoms with Gasteiger partial charge in [0.2, 0.25) is 0 Å². The SMILES string of the molecule is C=C(C)C(=O)OCCCCNC(=O)C1(C)C=C(C)N=N1. The van der Waals surface area contributed by atoms with Gasteiger partial charge in [-0.1, -0.05) is 6.58 Å². The Hall–Kier alpha value is -1.98. The number of allylic oxidation sites excluding steroid dienone is 1. The summed E-state index contributed by atoms with van der Waals surface area (Å²) in [6.45, 7) is 9.47. The fraction of sp³-hybridized carbons (Fsp3) is 0.571. The van der Waals surface area contributed by atoms with Crippen LogP contribution in [0.3, 0.4) is 0 Å². The van der Waals surface area contributed by atoms with Crippen molar-refractivity contribution in [3.63, 3.8) is 0 Å². The van der Waals surface area contributed by atoms with Gasteiger partial charge in [-0.2, -0.15) is 10.2 Å². The Kier molecular flexibility index (Phi) is 5.61. The van der Waals surface area contributed by atoms with Gasteiger partial charge in [0.15, 0.2) is 5.54 Å². The van der Waals surface area contributed by atoms with Gasteiger partial charge in [0.05, 0.1) is 12.3 Å². The van der Waals surface area contributed by atoms with Gasteiger partial charge >= 0.3 is 5.97 Å². The predicted molar refractivity (Wildman–Crippen MR) is 75.0 cm³/mol. The lowest BCUT2D eigenvalue weighted by Crippen LogP contribution is -2.41. The number of unbranched alkanes of at least 4 members (excludes halogenated alkanes) is 1. The molecule has 0 spiro atoms. The Bertz CT molecular complexity index is 468. The molecule has 1 heterocycles. The van der Waals surface area contributed by atoms with Crippen molar-refractivity contribution in [3.05, 3.63) is 23.9 Å². The number of azo groups is 1. The fourth-order valence-electron chi connectivity index (χ4n) is 1.65. The summed E-state index contributed by atoms with van der Waals surface area (Å²) in [5.41, 5.74) is 0.241. The van der Waals surface area contributed by atoms with E-state index in [0.717, 1.165) is 12.1 Å². The van der Waals surface area contributed by atoms with Crippen molar-refractivity contribution in [2.24, 2.45) is 10.2 Å². The average molecular weight is 279 g/mol.